The van der Waals surface area contributed by atoms with Crippen molar-refractivity contribution in [2.24, 2.45) is 4.99 Å². The number of carbonyl (C=O) groups is 1. The second kappa shape index (κ2) is 11.3. The Morgan fingerprint density at radius 1 is 1.33 bits per heavy atom. The van der Waals surface area contributed by atoms with Crippen molar-refractivity contribution in [3.05, 3.63) is 28.2 Å². The summed E-state index contributed by atoms with van der Waals surface area (Å²) < 4.78 is 0.942. The number of nitrogens with one attached hydrogen (secondary N) is 3. The van der Waals surface area contributed by atoms with Crippen molar-refractivity contribution >= 4 is 33.5 Å². The molecule has 1 atom stereocenters. The van der Waals surface area contributed by atoms with Gasteiger partial charge in [0.1, 0.15) is 0 Å². The number of rotatable bonds is 7. The molecule has 0 aromatic heterocycles. The topological polar surface area (TPSA) is 68.8 Å². The smallest absolute Gasteiger partial charge is 0.243 e. The van der Waals surface area contributed by atoms with Gasteiger partial charge in [-0.05, 0) is 57.4 Å². The molecule has 6 nitrogen and oxygen atoms in total. The van der Waals surface area contributed by atoms with Crippen molar-refractivity contribution in [2.45, 2.75) is 45.6 Å². The molecule has 2 rings (SSSR count). The summed E-state index contributed by atoms with van der Waals surface area (Å²) in [7, 11) is 1.72. The van der Waals surface area contributed by atoms with Crippen LogP contribution in [0, 0.1) is 6.92 Å². The van der Waals surface area contributed by atoms with Crippen molar-refractivity contribution in [2.75, 3.05) is 38.5 Å². The van der Waals surface area contributed by atoms with Crippen LogP contribution >= 0.6 is 15.9 Å². The van der Waals surface area contributed by atoms with Crippen LogP contribution in [-0.2, 0) is 4.79 Å². The molecule has 1 unspecified atom stereocenters. The van der Waals surface area contributed by atoms with Crippen LogP contribution in [0.25, 0.3) is 0 Å². The van der Waals surface area contributed by atoms with E-state index in [1.165, 1.54) is 25.8 Å². The highest BCUT2D eigenvalue weighted by atomic mass is 79.9. The maximum absolute atomic E-state index is 12.2. The zero-order valence-electron chi connectivity index (χ0n) is 16.6. The van der Waals surface area contributed by atoms with Gasteiger partial charge in [-0.25, -0.2) is 0 Å². The molecule has 0 spiro atoms. The Labute approximate surface area is 171 Å². The first-order chi connectivity index (χ1) is 13.0. The monoisotopic (exact) mass is 437 g/mol. The van der Waals surface area contributed by atoms with Gasteiger partial charge in [-0.1, -0.05) is 28.4 Å². The van der Waals surface area contributed by atoms with Gasteiger partial charge in [0.15, 0.2) is 5.96 Å². The Morgan fingerprint density at radius 2 is 2.15 bits per heavy atom. The van der Waals surface area contributed by atoms with Crippen LogP contribution in [0.5, 0.6) is 0 Å². The van der Waals surface area contributed by atoms with Gasteiger partial charge in [0, 0.05) is 36.3 Å². The minimum absolute atomic E-state index is 0.0960. The van der Waals surface area contributed by atoms with Gasteiger partial charge in [0.05, 0.1) is 6.54 Å². The summed E-state index contributed by atoms with van der Waals surface area (Å²) in [5.74, 6) is 0.559. The van der Waals surface area contributed by atoms with Crippen LogP contribution in [0.3, 0.4) is 0 Å². The lowest BCUT2D eigenvalue weighted by Gasteiger charge is -2.33. The first-order valence-electron chi connectivity index (χ1n) is 9.74. The number of likely N-dealkylation sites (tertiary alicyclic amines) is 1. The summed E-state index contributed by atoms with van der Waals surface area (Å²) in [6, 6.07) is 6.53. The summed E-state index contributed by atoms with van der Waals surface area (Å²) >= 11 is 3.43. The number of hydrogen-bond donors (Lipinski definition) is 3. The van der Waals surface area contributed by atoms with Gasteiger partial charge in [0.2, 0.25) is 5.91 Å². The van der Waals surface area contributed by atoms with Gasteiger partial charge < -0.3 is 20.9 Å². The van der Waals surface area contributed by atoms with Crippen LogP contribution in [0.4, 0.5) is 5.69 Å². The molecule has 0 saturated carbocycles. The minimum atomic E-state index is -0.0960. The molecule has 0 radical (unpaired) electrons. The predicted octanol–water partition coefficient (Wildman–Crippen LogP) is 3.13. The van der Waals surface area contributed by atoms with E-state index in [9.17, 15) is 4.79 Å². The fourth-order valence-electron chi connectivity index (χ4n) is 3.29. The summed E-state index contributed by atoms with van der Waals surface area (Å²) in [6.45, 7) is 7.62. The summed E-state index contributed by atoms with van der Waals surface area (Å²) in [5, 5.41) is 9.29. The van der Waals surface area contributed by atoms with Crippen molar-refractivity contribution in [1.29, 1.82) is 0 Å². The summed E-state index contributed by atoms with van der Waals surface area (Å²) in [4.78, 5) is 18.9. The number of nitrogens with zero attached hydrogens (tertiary/aromatic N) is 2. The van der Waals surface area contributed by atoms with Gasteiger partial charge >= 0.3 is 0 Å². The van der Waals surface area contributed by atoms with Gasteiger partial charge in [-0.3, -0.25) is 9.79 Å². The number of aryl methyl sites for hydroxylation is 1. The standard InChI is InChI=1S/C20H32BrN5O/c1-15-8-9-17(21)13-18(15)25-19(27)14-24-20(22-3)23-10-6-12-26-11-5-4-7-16(26)2/h8-9,13,16H,4-7,10-12,14H2,1-3H3,(H,25,27)(H2,22,23,24). The van der Waals surface area contributed by atoms with Crippen LogP contribution in [0.15, 0.2) is 27.7 Å². The number of guanidine groups is 1. The molecule has 3 N–H and O–H groups in total. The van der Waals surface area contributed by atoms with E-state index in [0.717, 1.165) is 35.2 Å². The molecule has 1 aromatic rings. The van der Waals surface area contributed by atoms with E-state index in [2.05, 4.69) is 48.7 Å². The Hall–Kier alpha value is -1.60. The van der Waals surface area contributed by atoms with E-state index in [1.807, 2.05) is 25.1 Å². The zero-order chi connectivity index (χ0) is 19.6. The molecule has 7 heteroatoms. The van der Waals surface area contributed by atoms with Gasteiger partial charge in [0.25, 0.3) is 0 Å². The van der Waals surface area contributed by atoms with E-state index < -0.39 is 0 Å². The second-order valence-corrected chi connectivity index (χ2v) is 8.01. The Bertz CT molecular complexity index is 649. The van der Waals surface area contributed by atoms with Crippen molar-refractivity contribution in [1.82, 2.24) is 15.5 Å². The molecule has 1 aromatic carbocycles. The first-order valence-corrected chi connectivity index (χ1v) is 10.5. The first kappa shape index (κ1) is 21.7. The van der Waals surface area contributed by atoms with E-state index >= 15 is 0 Å². The van der Waals surface area contributed by atoms with Gasteiger partial charge in [-0.2, -0.15) is 0 Å². The maximum Gasteiger partial charge on any atom is 0.243 e. The third-order valence-electron chi connectivity index (χ3n) is 4.97. The Kier molecular flexibility index (Phi) is 9.07. The van der Waals surface area contributed by atoms with E-state index in [0.29, 0.717) is 12.0 Å². The van der Waals surface area contributed by atoms with Crippen LogP contribution in [-0.4, -0.2) is 56.0 Å². The van der Waals surface area contributed by atoms with Crippen molar-refractivity contribution in [3.63, 3.8) is 0 Å². The molecule has 1 aliphatic heterocycles. The quantitative estimate of drug-likeness (QED) is 0.348. The molecular formula is C20H32BrN5O. The molecule has 1 heterocycles. The molecule has 27 heavy (non-hydrogen) atoms. The second-order valence-electron chi connectivity index (χ2n) is 7.09. The molecule has 0 bridgehead atoms. The van der Waals surface area contributed by atoms with Crippen molar-refractivity contribution < 1.29 is 4.79 Å². The fourth-order valence-corrected chi connectivity index (χ4v) is 3.65. The highest BCUT2D eigenvalue weighted by molar-refractivity contribution is 9.10. The van der Waals surface area contributed by atoms with Crippen LogP contribution < -0.4 is 16.0 Å². The lowest BCUT2D eigenvalue weighted by atomic mass is 10.0. The Morgan fingerprint density at radius 3 is 2.89 bits per heavy atom. The zero-order valence-corrected chi connectivity index (χ0v) is 18.2. The van der Waals surface area contributed by atoms with Crippen LogP contribution in [0.2, 0.25) is 0 Å². The molecule has 1 saturated heterocycles. The molecule has 1 amide bonds. The van der Waals surface area contributed by atoms with E-state index in [4.69, 9.17) is 0 Å². The van der Waals surface area contributed by atoms with E-state index in [-0.39, 0.29) is 12.5 Å². The predicted molar refractivity (Wildman–Crippen MR) is 116 cm³/mol. The number of benzene rings is 1. The maximum atomic E-state index is 12.2. The molecular weight excluding hydrogens is 406 g/mol. The number of hydrogen-bond acceptors (Lipinski definition) is 3. The van der Waals surface area contributed by atoms with E-state index in [1.54, 1.807) is 7.05 Å². The number of halogens is 1. The highest BCUT2D eigenvalue weighted by Crippen LogP contribution is 2.20. The van der Waals surface area contributed by atoms with Crippen molar-refractivity contribution in [3.8, 4) is 0 Å². The number of piperidine rings is 1. The number of aliphatic imine (C=N–C) groups is 1. The third-order valence-corrected chi connectivity index (χ3v) is 5.46. The SMILES string of the molecule is CN=C(NCCCN1CCCCC1C)NCC(=O)Nc1cc(Br)ccc1C. The minimum Gasteiger partial charge on any atom is -0.356 e. The molecule has 1 fully saturated rings. The fraction of sp³-hybridized carbons (Fsp3) is 0.600. The average molecular weight is 438 g/mol. The normalized spacial score (nSPS) is 18.2. The molecule has 0 aliphatic carbocycles. The lowest BCUT2D eigenvalue weighted by Crippen LogP contribution is -2.43. The molecule has 150 valence electrons. The Balaban J connectivity index is 1.67. The number of carbonyl (C=O) groups excluding carboxylic acids is 1. The number of amides is 1. The summed E-state index contributed by atoms with van der Waals surface area (Å²) in [6.07, 6.45) is 5.04. The number of anilines is 1. The average Bonchev–Trinajstić information content (AvgIpc) is 2.65. The highest BCUT2D eigenvalue weighted by Gasteiger charge is 2.17. The largest absolute Gasteiger partial charge is 0.356 e. The van der Waals surface area contributed by atoms with Crippen LogP contribution in [0.1, 0.15) is 38.2 Å². The molecule has 1 aliphatic rings. The third kappa shape index (κ3) is 7.50. The van der Waals surface area contributed by atoms with Gasteiger partial charge in [-0.15, -0.1) is 0 Å². The lowest BCUT2D eigenvalue weighted by molar-refractivity contribution is -0.115. The summed E-state index contributed by atoms with van der Waals surface area (Å²) in [5.41, 5.74) is 1.84.